The van der Waals surface area contributed by atoms with E-state index in [1.54, 1.807) is 12.1 Å². The summed E-state index contributed by atoms with van der Waals surface area (Å²) in [4.78, 5) is 2.14. The third-order valence-corrected chi connectivity index (χ3v) is 3.66. The van der Waals surface area contributed by atoms with Gasteiger partial charge in [0.05, 0.1) is 11.3 Å². The second-order valence-corrected chi connectivity index (χ2v) is 5.30. The molecular weight excluding hydrogens is 246 g/mol. The molecule has 0 spiro atoms. The summed E-state index contributed by atoms with van der Waals surface area (Å²) < 4.78 is 0. The summed E-state index contributed by atoms with van der Waals surface area (Å²) in [6.07, 6.45) is 2.49. The van der Waals surface area contributed by atoms with Crippen LogP contribution in [0, 0.1) is 17.2 Å². The van der Waals surface area contributed by atoms with Crippen molar-refractivity contribution in [2.24, 2.45) is 5.92 Å². The van der Waals surface area contributed by atoms with E-state index in [4.69, 9.17) is 16.9 Å². The van der Waals surface area contributed by atoms with E-state index in [1.807, 2.05) is 13.1 Å². The first-order valence-electron chi connectivity index (χ1n) is 6.32. The number of nitriles is 1. The molecule has 1 aliphatic heterocycles. The van der Waals surface area contributed by atoms with Crippen molar-refractivity contribution in [2.45, 2.75) is 12.8 Å². The molecule has 0 radical (unpaired) electrons. The molecule has 1 N–H and O–H groups in total. The number of nitrogens with zero attached hydrogens (tertiary/aromatic N) is 2. The Balaban J connectivity index is 2.10. The first-order valence-corrected chi connectivity index (χ1v) is 6.70. The van der Waals surface area contributed by atoms with Crippen LogP contribution in [-0.4, -0.2) is 26.7 Å². The zero-order valence-electron chi connectivity index (χ0n) is 10.6. The first kappa shape index (κ1) is 13.2. The largest absolute Gasteiger partial charge is 0.373 e. The zero-order valence-corrected chi connectivity index (χ0v) is 11.4. The summed E-state index contributed by atoms with van der Waals surface area (Å²) in [6, 6.07) is 7.64. The third kappa shape index (κ3) is 3.16. The molecule has 1 atom stereocenters. The summed E-state index contributed by atoms with van der Waals surface area (Å²) in [5.41, 5.74) is 1.61. The minimum Gasteiger partial charge on any atom is -0.373 e. The van der Waals surface area contributed by atoms with Gasteiger partial charge < -0.3 is 10.2 Å². The van der Waals surface area contributed by atoms with Crippen LogP contribution in [-0.2, 0) is 0 Å². The van der Waals surface area contributed by atoms with Crippen LogP contribution in [0.1, 0.15) is 18.4 Å². The second kappa shape index (κ2) is 6.08. The van der Waals surface area contributed by atoms with Gasteiger partial charge in [0.1, 0.15) is 6.07 Å². The van der Waals surface area contributed by atoms with Crippen LogP contribution in [0.5, 0.6) is 0 Å². The van der Waals surface area contributed by atoms with Crippen molar-refractivity contribution in [3.05, 3.63) is 28.8 Å². The molecule has 1 heterocycles. The molecule has 0 saturated carbocycles. The summed E-state index contributed by atoms with van der Waals surface area (Å²) >= 11 is 6.01. The molecule has 0 bridgehead atoms. The minimum atomic E-state index is 0.647. The molecule has 3 nitrogen and oxygen atoms in total. The monoisotopic (exact) mass is 263 g/mol. The molecule has 1 unspecified atom stereocenters. The fraction of sp³-hybridized carbons (Fsp3) is 0.500. The van der Waals surface area contributed by atoms with Gasteiger partial charge in [-0.3, -0.25) is 0 Å². The van der Waals surface area contributed by atoms with Gasteiger partial charge in [-0.2, -0.15) is 5.26 Å². The van der Waals surface area contributed by atoms with E-state index in [-0.39, 0.29) is 0 Å². The van der Waals surface area contributed by atoms with E-state index >= 15 is 0 Å². The van der Waals surface area contributed by atoms with Crippen LogP contribution >= 0.6 is 11.6 Å². The van der Waals surface area contributed by atoms with Crippen molar-refractivity contribution in [1.29, 1.82) is 5.26 Å². The molecule has 18 heavy (non-hydrogen) atoms. The van der Waals surface area contributed by atoms with Crippen molar-refractivity contribution in [3.63, 3.8) is 0 Å². The normalized spacial score (nSPS) is 19.3. The number of nitrogens with one attached hydrogen (secondary N) is 1. The van der Waals surface area contributed by atoms with Gasteiger partial charge >= 0.3 is 0 Å². The molecule has 1 aromatic carbocycles. The van der Waals surface area contributed by atoms with E-state index < -0.39 is 0 Å². The highest BCUT2D eigenvalue weighted by molar-refractivity contribution is 6.30. The lowest BCUT2D eigenvalue weighted by Gasteiger charge is -2.29. The van der Waals surface area contributed by atoms with Gasteiger partial charge in [0.15, 0.2) is 0 Å². The Hall–Kier alpha value is -1.24. The van der Waals surface area contributed by atoms with E-state index in [0.717, 1.165) is 25.3 Å². The van der Waals surface area contributed by atoms with E-state index in [2.05, 4.69) is 16.3 Å². The smallest absolute Gasteiger partial charge is 0.101 e. The Morgan fingerprint density at radius 2 is 2.39 bits per heavy atom. The third-order valence-electron chi connectivity index (χ3n) is 3.42. The fourth-order valence-electron chi connectivity index (χ4n) is 2.48. The maximum Gasteiger partial charge on any atom is 0.101 e. The van der Waals surface area contributed by atoms with Crippen LogP contribution in [0.25, 0.3) is 0 Å². The van der Waals surface area contributed by atoms with E-state index in [1.165, 1.54) is 12.8 Å². The van der Waals surface area contributed by atoms with Gasteiger partial charge in [-0.15, -0.1) is 0 Å². The molecule has 1 fully saturated rings. The Morgan fingerprint density at radius 3 is 3.06 bits per heavy atom. The molecule has 1 saturated heterocycles. The fourth-order valence-corrected chi connectivity index (χ4v) is 2.65. The minimum absolute atomic E-state index is 0.647. The number of hydrogen-bond donors (Lipinski definition) is 1. The quantitative estimate of drug-likeness (QED) is 0.911. The molecule has 4 heteroatoms. The van der Waals surface area contributed by atoms with Gasteiger partial charge in [0, 0.05) is 18.6 Å². The Morgan fingerprint density at radius 1 is 1.56 bits per heavy atom. The maximum atomic E-state index is 9.13. The molecule has 0 amide bonds. The van der Waals surface area contributed by atoms with Crippen LogP contribution in [0.4, 0.5) is 5.69 Å². The van der Waals surface area contributed by atoms with Crippen molar-refractivity contribution in [2.75, 3.05) is 31.6 Å². The van der Waals surface area contributed by atoms with Gasteiger partial charge in [0.2, 0.25) is 0 Å². The average molecular weight is 264 g/mol. The standard InChI is InChI=1S/C14H18ClN3/c1-18(10-11-3-2-6-17-9-11)14-7-13(15)5-4-12(14)8-16/h4-5,7,11,17H,2-3,6,9-10H2,1H3. The maximum absolute atomic E-state index is 9.13. The zero-order chi connectivity index (χ0) is 13.0. The van der Waals surface area contributed by atoms with Crippen LogP contribution < -0.4 is 10.2 Å². The number of piperidine rings is 1. The Kier molecular flexibility index (Phi) is 4.46. The lowest BCUT2D eigenvalue weighted by molar-refractivity contribution is 0.381. The number of anilines is 1. The first-order chi connectivity index (χ1) is 8.70. The van der Waals surface area contributed by atoms with Gasteiger partial charge in [-0.1, -0.05) is 11.6 Å². The summed E-state index contributed by atoms with van der Waals surface area (Å²) in [6.45, 7) is 3.15. The van der Waals surface area contributed by atoms with E-state index in [9.17, 15) is 0 Å². The molecule has 1 aromatic rings. The molecule has 0 aromatic heterocycles. The topological polar surface area (TPSA) is 39.1 Å². The van der Waals surface area contributed by atoms with Crippen molar-refractivity contribution < 1.29 is 0 Å². The van der Waals surface area contributed by atoms with Gasteiger partial charge in [-0.25, -0.2) is 0 Å². The Bertz CT molecular complexity index is 447. The highest BCUT2D eigenvalue weighted by Crippen LogP contribution is 2.25. The lowest BCUT2D eigenvalue weighted by atomic mass is 9.99. The number of hydrogen-bond acceptors (Lipinski definition) is 3. The predicted octanol–water partition coefficient (Wildman–Crippen LogP) is 2.65. The van der Waals surface area contributed by atoms with Crippen LogP contribution in [0.15, 0.2) is 18.2 Å². The summed E-state index contributed by atoms with van der Waals surface area (Å²) in [5, 5.41) is 13.2. The number of rotatable bonds is 3. The predicted molar refractivity (Wildman–Crippen MR) is 75.0 cm³/mol. The average Bonchev–Trinajstić information content (AvgIpc) is 2.40. The number of halogens is 1. The van der Waals surface area contributed by atoms with Crippen molar-refractivity contribution in [3.8, 4) is 6.07 Å². The highest BCUT2D eigenvalue weighted by Gasteiger charge is 2.17. The summed E-state index contributed by atoms with van der Waals surface area (Å²) in [5.74, 6) is 0.647. The molecular formula is C14H18ClN3. The highest BCUT2D eigenvalue weighted by atomic mass is 35.5. The van der Waals surface area contributed by atoms with Crippen molar-refractivity contribution >= 4 is 17.3 Å². The lowest BCUT2D eigenvalue weighted by Crippen LogP contribution is -2.37. The molecule has 2 rings (SSSR count). The molecule has 0 aliphatic carbocycles. The van der Waals surface area contributed by atoms with Crippen LogP contribution in [0.2, 0.25) is 5.02 Å². The van der Waals surface area contributed by atoms with Gasteiger partial charge in [-0.05, 0) is 50.0 Å². The molecule has 96 valence electrons. The molecule has 1 aliphatic rings. The summed E-state index contributed by atoms with van der Waals surface area (Å²) in [7, 11) is 2.03. The van der Waals surface area contributed by atoms with Crippen molar-refractivity contribution in [1.82, 2.24) is 5.32 Å². The Labute approximate surface area is 113 Å². The second-order valence-electron chi connectivity index (χ2n) is 4.87. The number of benzene rings is 1. The van der Waals surface area contributed by atoms with Gasteiger partial charge in [0.25, 0.3) is 0 Å². The van der Waals surface area contributed by atoms with E-state index in [0.29, 0.717) is 16.5 Å². The SMILES string of the molecule is CN(CC1CCCNC1)c1cc(Cl)ccc1C#N. The van der Waals surface area contributed by atoms with Crippen LogP contribution in [0.3, 0.4) is 0 Å².